The van der Waals surface area contributed by atoms with Crippen LogP contribution < -0.4 is 4.74 Å². The lowest BCUT2D eigenvalue weighted by atomic mass is 9.91. The number of ether oxygens (including phenoxy) is 1. The smallest absolute Gasteiger partial charge is 0.123 e. The molecule has 0 spiro atoms. The Labute approximate surface area is 137 Å². The van der Waals surface area contributed by atoms with Crippen molar-refractivity contribution < 1.29 is 4.74 Å². The van der Waals surface area contributed by atoms with Crippen LogP contribution in [-0.2, 0) is 6.42 Å². The number of hydrogen-bond donors (Lipinski definition) is 0. The number of nitriles is 1. The van der Waals surface area contributed by atoms with E-state index in [1.807, 2.05) is 12.1 Å². The van der Waals surface area contributed by atoms with Crippen LogP contribution in [-0.4, -0.2) is 7.11 Å². The predicted molar refractivity (Wildman–Crippen MR) is 90.6 cm³/mol. The molecule has 0 amide bonds. The van der Waals surface area contributed by atoms with Crippen molar-refractivity contribution in [1.82, 2.24) is 0 Å². The zero-order valence-corrected chi connectivity index (χ0v) is 13.9. The van der Waals surface area contributed by atoms with E-state index in [4.69, 9.17) is 16.3 Å². The molecule has 0 saturated carbocycles. The van der Waals surface area contributed by atoms with Crippen molar-refractivity contribution in [2.45, 2.75) is 32.1 Å². The molecule has 1 atom stereocenters. The summed E-state index contributed by atoms with van der Waals surface area (Å²) in [7, 11) is 1.61. The van der Waals surface area contributed by atoms with Crippen molar-refractivity contribution >= 4 is 11.6 Å². The van der Waals surface area contributed by atoms with E-state index >= 15 is 0 Å². The van der Waals surface area contributed by atoms with Gasteiger partial charge in [0.25, 0.3) is 0 Å². The lowest BCUT2D eigenvalue weighted by Gasteiger charge is -2.15. The Morgan fingerprint density at radius 1 is 1.14 bits per heavy atom. The van der Waals surface area contributed by atoms with Crippen LogP contribution in [0.15, 0.2) is 42.5 Å². The minimum absolute atomic E-state index is 0.279. The third-order valence-electron chi connectivity index (χ3n) is 3.81. The minimum atomic E-state index is -0.279. The first kappa shape index (κ1) is 16.4. The normalized spacial score (nSPS) is 12.0. The van der Waals surface area contributed by atoms with Gasteiger partial charge in [0.1, 0.15) is 5.75 Å². The van der Waals surface area contributed by atoms with E-state index < -0.39 is 0 Å². The summed E-state index contributed by atoms with van der Waals surface area (Å²) in [5, 5.41) is 10.2. The second-order valence-corrected chi connectivity index (χ2v) is 6.10. The van der Waals surface area contributed by atoms with E-state index in [0.717, 1.165) is 11.1 Å². The molecule has 0 aromatic heterocycles. The summed E-state index contributed by atoms with van der Waals surface area (Å²) in [6.07, 6.45) is 0.644. The fourth-order valence-corrected chi connectivity index (χ4v) is 2.66. The van der Waals surface area contributed by atoms with Gasteiger partial charge in [-0.1, -0.05) is 49.7 Å². The van der Waals surface area contributed by atoms with Crippen molar-refractivity contribution in [1.29, 1.82) is 5.26 Å². The van der Waals surface area contributed by atoms with Crippen molar-refractivity contribution in [3.8, 4) is 11.8 Å². The summed E-state index contributed by atoms with van der Waals surface area (Å²) in [5.41, 5.74) is 3.28. The van der Waals surface area contributed by atoms with E-state index in [2.05, 4.69) is 44.2 Å². The number of rotatable bonds is 5. The Balaban J connectivity index is 2.26. The Morgan fingerprint density at radius 2 is 1.82 bits per heavy atom. The van der Waals surface area contributed by atoms with E-state index in [0.29, 0.717) is 23.1 Å². The zero-order chi connectivity index (χ0) is 16.1. The number of halogens is 1. The molecule has 0 bridgehead atoms. The molecular weight excluding hydrogens is 294 g/mol. The van der Waals surface area contributed by atoms with Gasteiger partial charge in [-0.3, -0.25) is 0 Å². The third-order valence-corrected chi connectivity index (χ3v) is 4.04. The first-order valence-electron chi connectivity index (χ1n) is 7.37. The van der Waals surface area contributed by atoms with Gasteiger partial charge in [0.2, 0.25) is 0 Å². The minimum Gasteiger partial charge on any atom is -0.496 e. The SMILES string of the molecule is COc1ccc(Cl)cc1C(C#N)Cc1ccc(C(C)C)cc1. The summed E-state index contributed by atoms with van der Waals surface area (Å²) in [6, 6.07) is 16.2. The fourth-order valence-electron chi connectivity index (χ4n) is 2.48. The fraction of sp³-hybridized carbons (Fsp3) is 0.316. The van der Waals surface area contributed by atoms with Gasteiger partial charge in [-0.25, -0.2) is 0 Å². The van der Waals surface area contributed by atoms with Gasteiger partial charge in [-0.15, -0.1) is 0 Å². The van der Waals surface area contributed by atoms with E-state index in [9.17, 15) is 5.26 Å². The summed E-state index contributed by atoms with van der Waals surface area (Å²) in [5.74, 6) is 0.933. The second-order valence-electron chi connectivity index (χ2n) is 5.67. The Hall–Kier alpha value is -1.98. The molecule has 3 heteroatoms. The van der Waals surface area contributed by atoms with E-state index in [1.165, 1.54) is 5.56 Å². The highest BCUT2D eigenvalue weighted by Gasteiger charge is 2.17. The number of nitrogens with zero attached hydrogens (tertiary/aromatic N) is 1. The first-order chi connectivity index (χ1) is 10.5. The van der Waals surface area contributed by atoms with Crippen molar-refractivity contribution in [3.63, 3.8) is 0 Å². The molecule has 0 heterocycles. The zero-order valence-electron chi connectivity index (χ0n) is 13.1. The maximum absolute atomic E-state index is 9.55. The molecule has 2 nitrogen and oxygen atoms in total. The van der Waals surface area contributed by atoms with Gasteiger partial charge >= 0.3 is 0 Å². The number of benzene rings is 2. The first-order valence-corrected chi connectivity index (χ1v) is 7.74. The van der Waals surface area contributed by atoms with E-state index in [1.54, 1.807) is 13.2 Å². The average molecular weight is 314 g/mol. The number of methoxy groups -OCH3 is 1. The van der Waals surface area contributed by atoms with Gasteiger partial charge in [-0.2, -0.15) is 5.26 Å². The standard InChI is InChI=1S/C19H20ClNO/c1-13(2)15-6-4-14(5-7-15)10-16(12-21)18-11-17(20)8-9-19(18)22-3/h4-9,11,13,16H,10H2,1-3H3. The largest absolute Gasteiger partial charge is 0.496 e. The lowest BCUT2D eigenvalue weighted by Crippen LogP contribution is -2.03. The Kier molecular flexibility index (Phi) is 5.46. The van der Waals surface area contributed by atoms with Gasteiger partial charge < -0.3 is 4.74 Å². The third kappa shape index (κ3) is 3.81. The lowest BCUT2D eigenvalue weighted by molar-refractivity contribution is 0.408. The highest BCUT2D eigenvalue weighted by molar-refractivity contribution is 6.30. The van der Waals surface area contributed by atoms with Crippen LogP contribution in [0.5, 0.6) is 5.75 Å². The van der Waals surface area contributed by atoms with Gasteiger partial charge in [0.05, 0.1) is 19.1 Å². The second kappa shape index (κ2) is 7.33. The van der Waals surface area contributed by atoms with Crippen molar-refractivity contribution in [3.05, 3.63) is 64.2 Å². The highest BCUT2D eigenvalue weighted by atomic mass is 35.5. The Morgan fingerprint density at radius 3 is 2.36 bits per heavy atom. The average Bonchev–Trinajstić information content (AvgIpc) is 2.53. The molecule has 114 valence electrons. The maximum atomic E-state index is 9.55. The van der Waals surface area contributed by atoms with Gasteiger partial charge in [0.15, 0.2) is 0 Å². The topological polar surface area (TPSA) is 33.0 Å². The quantitative estimate of drug-likeness (QED) is 0.748. The predicted octanol–water partition coefficient (Wildman–Crippen LogP) is 5.32. The van der Waals surface area contributed by atoms with Gasteiger partial charge in [-0.05, 0) is 41.7 Å². The molecule has 0 aliphatic carbocycles. The van der Waals surface area contributed by atoms with Crippen LogP contribution in [0.4, 0.5) is 0 Å². The summed E-state index contributed by atoms with van der Waals surface area (Å²) >= 11 is 6.07. The molecule has 2 aromatic carbocycles. The van der Waals surface area contributed by atoms with Crippen LogP contribution in [0.25, 0.3) is 0 Å². The summed E-state index contributed by atoms with van der Waals surface area (Å²) < 4.78 is 5.36. The molecule has 2 aromatic rings. The Bertz CT molecular complexity index is 671. The maximum Gasteiger partial charge on any atom is 0.123 e. The molecule has 0 N–H and O–H groups in total. The van der Waals surface area contributed by atoms with Crippen LogP contribution in [0.3, 0.4) is 0 Å². The van der Waals surface area contributed by atoms with Gasteiger partial charge in [0, 0.05) is 10.6 Å². The van der Waals surface area contributed by atoms with Crippen molar-refractivity contribution in [2.75, 3.05) is 7.11 Å². The monoisotopic (exact) mass is 313 g/mol. The van der Waals surface area contributed by atoms with Crippen LogP contribution in [0, 0.1) is 11.3 Å². The summed E-state index contributed by atoms with van der Waals surface area (Å²) in [6.45, 7) is 4.34. The summed E-state index contributed by atoms with van der Waals surface area (Å²) in [4.78, 5) is 0. The van der Waals surface area contributed by atoms with Crippen LogP contribution >= 0.6 is 11.6 Å². The van der Waals surface area contributed by atoms with Crippen LogP contribution in [0.1, 0.15) is 42.4 Å². The molecule has 1 unspecified atom stereocenters. The molecule has 0 radical (unpaired) electrons. The van der Waals surface area contributed by atoms with Crippen molar-refractivity contribution in [2.24, 2.45) is 0 Å². The van der Waals surface area contributed by atoms with E-state index in [-0.39, 0.29) is 5.92 Å². The van der Waals surface area contributed by atoms with Crippen LogP contribution in [0.2, 0.25) is 5.02 Å². The molecule has 0 aliphatic rings. The molecule has 0 saturated heterocycles. The molecular formula is C19H20ClNO. The molecule has 2 rings (SSSR count). The number of hydrogen-bond acceptors (Lipinski definition) is 2. The molecule has 0 fully saturated rings. The molecule has 0 aliphatic heterocycles. The highest BCUT2D eigenvalue weighted by Crippen LogP contribution is 2.31. The molecule has 22 heavy (non-hydrogen) atoms.